The van der Waals surface area contributed by atoms with Crippen LogP contribution < -0.4 is 10.1 Å². The second-order valence-electron chi connectivity index (χ2n) is 5.08. The Morgan fingerprint density at radius 1 is 1.25 bits per heavy atom. The number of benzene rings is 1. The summed E-state index contributed by atoms with van der Waals surface area (Å²) in [6, 6.07) is 9.56. The molecule has 3 nitrogen and oxygen atoms in total. The van der Waals surface area contributed by atoms with Gasteiger partial charge in [-0.2, -0.15) is 0 Å². The molecule has 16 heavy (non-hydrogen) atoms. The van der Waals surface area contributed by atoms with E-state index < -0.39 is 6.10 Å². The van der Waals surface area contributed by atoms with E-state index in [1.54, 1.807) is 0 Å². The van der Waals surface area contributed by atoms with Crippen molar-refractivity contribution in [3.8, 4) is 5.75 Å². The van der Waals surface area contributed by atoms with Crippen molar-refractivity contribution in [3.63, 3.8) is 0 Å². The maximum absolute atomic E-state index is 9.72. The summed E-state index contributed by atoms with van der Waals surface area (Å²) in [5, 5.41) is 11.8. The van der Waals surface area contributed by atoms with Crippen molar-refractivity contribution in [3.05, 3.63) is 30.3 Å². The summed E-state index contributed by atoms with van der Waals surface area (Å²) in [6.45, 7) is 7.38. The molecule has 90 valence electrons. The van der Waals surface area contributed by atoms with E-state index in [1.165, 1.54) is 0 Å². The highest BCUT2D eigenvalue weighted by molar-refractivity contribution is 5.20. The van der Waals surface area contributed by atoms with Gasteiger partial charge >= 0.3 is 0 Å². The van der Waals surface area contributed by atoms with E-state index in [0.29, 0.717) is 13.2 Å². The van der Waals surface area contributed by atoms with Crippen LogP contribution in [-0.2, 0) is 0 Å². The summed E-state index contributed by atoms with van der Waals surface area (Å²) in [5.74, 6) is 0.803. The number of rotatable bonds is 5. The Morgan fingerprint density at radius 3 is 2.44 bits per heavy atom. The minimum absolute atomic E-state index is 0.147. The molecule has 0 heterocycles. The normalized spacial score (nSPS) is 13.5. The highest BCUT2D eigenvalue weighted by atomic mass is 16.5. The zero-order chi connectivity index (χ0) is 12.0. The van der Waals surface area contributed by atoms with Crippen molar-refractivity contribution in [1.82, 2.24) is 0 Å². The number of quaternary nitrogens is 1. The molecule has 0 aliphatic carbocycles. The van der Waals surface area contributed by atoms with E-state index in [4.69, 9.17) is 4.74 Å². The Morgan fingerprint density at radius 2 is 1.88 bits per heavy atom. The Labute approximate surface area is 97.4 Å². The van der Waals surface area contributed by atoms with Gasteiger partial charge < -0.3 is 15.2 Å². The van der Waals surface area contributed by atoms with E-state index >= 15 is 0 Å². The molecule has 0 amide bonds. The van der Waals surface area contributed by atoms with Crippen molar-refractivity contribution in [2.24, 2.45) is 0 Å². The molecule has 3 heteroatoms. The average Bonchev–Trinajstić information content (AvgIpc) is 2.24. The largest absolute Gasteiger partial charge is 0.491 e. The minimum Gasteiger partial charge on any atom is -0.491 e. The van der Waals surface area contributed by atoms with Crippen molar-refractivity contribution in [2.75, 3.05) is 13.2 Å². The van der Waals surface area contributed by atoms with Crippen molar-refractivity contribution < 1.29 is 15.2 Å². The second-order valence-corrected chi connectivity index (χ2v) is 5.08. The lowest BCUT2D eigenvalue weighted by molar-refractivity contribution is -0.722. The van der Waals surface area contributed by atoms with Crippen molar-refractivity contribution in [2.45, 2.75) is 32.4 Å². The van der Waals surface area contributed by atoms with E-state index in [2.05, 4.69) is 26.1 Å². The third kappa shape index (κ3) is 5.73. The summed E-state index contributed by atoms with van der Waals surface area (Å²) in [7, 11) is 0. The fourth-order valence-corrected chi connectivity index (χ4v) is 1.27. The fraction of sp³-hybridized carbons (Fsp3) is 0.538. The number of ether oxygens (including phenoxy) is 1. The molecule has 1 aromatic carbocycles. The minimum atomic E-state index is -0.431. The van der Waals surface area contributed by atoms with Crippen LogP contribution in [0.2, 0.25) is 0 Å². The molecule has 0 aliphatic heterocycles. The summed E-state index contributed by atoms with van der Waals surface area (Å²) in [4.78, 5) is 0. The van der Waals surface area contributed by atoms with Gasteiger partial charge in [0.25, 0.3) is 0 Å². The van der Waals surface area contributed by atoms with Gasteiger partial charge in [0.1, 0.15) is 25.0 Å². The van der Waals surface area contributed by atoms with E-state index in [9.17, 15) is 5.11 Å². The average molecular weight is 224 g/mol. The number of aliphatic hydroxyl groups is 1. The monoisotopic (exact) mass is 224 g/mol. The number of nitrogens with two attached hydrogens (primary N) is 1. The Balaban J connectivity index is 2.23. The van der Waals surface area contributed by atoms with Gasteiger partial charge in [0.05, 0.1) is 5.54 Å². The summed E-state index contributed by atoms with van der Waals surface area (Å²) in [6.07, 6.45) is -0.431. The SMILES string of the molecule is CC(C)(C)[NH2+]C[C@H](O)COc1ccccc1. The third-order valence-electron chi connectivity index (χ3n) is 2.19. The first-order valence-corrected chi connectivity index (χ1v) is 5.68. The van der Waals surface area contributed by atoms with Crippen LogP contribution in [-0.4, -0.2) is 29.9 Å². The van der Waals surface area contributed by atoms with Gasteiger partial charge in [-0.3, -0.25) is 0 Å². The molecule has 1 rings (SSSR count). The molecule has 0 aliphatic rings. The maximum atomic E-state index is 9.72. The van der Waals surface area contributed by atoms with Crippen molar-refractivity contribution in [1.29, 1.82) is 0 Å². The first kappa shape index (κ1) is 13.0. The zero-order valence-corrected chi connectivity index (χ0v) is 10.3. The molecule has 3 N–H and O–H groups in total. The third-order valence-corrected chi connectivity index (χ3v) is 2.19. The lowest BCUT2D eigenvalue weighted by Crippen LogP contribution is -2.96. The summed E-state index contributed by atoms with van der Waals surface area (Å²) < 4.78 is 5.46. The second kappa shape index (κ2) is 5.87. The molecule has 0 bridgehead atoms. The van der Waals surface area contributed by atoms with Crippen LogP contribution in [0.4, 0.5) is 0 Å². The molecule has 0 radical (unpaired) electrons. The lowest BCUT2D eigenvalue weighted by Gasteiger charge is -2.19. The predicted molar refractivity (Wildman–Crippen MR) is 64.5 cm³/mol. The topological polar surface area (TPSA) is 46.1 Å². The Bertz CT molecular complexity index is 293. The molecule has 0 spiro atoms. The lowest BCUT2D eigenvalue weighted by atomic mass is 10.1. The highest BCUT2D eigenvalue weighted by Crippen LogP contribution is 2.08. The zero-order valence-electron chi connectivity index (χ0n) is 10.3. The van der Waals surface area contributed by atoms with Gasteiger partial charge in [-0.1, -0.05) is 18.2 Å². The molecular weight excluding hydrogens is 202 g/mol. The van der Waals surface area contributed by atoms with Crippen LogP contribution in [0.3, 0.4) is 0 Å². The van der Waals surface area contributed by atoms with Gasteiger partial charge in [0.2, 0.25) is 0 Å². The van der Waals surface area contributed by atoms with Gasteiger partial charge in [0, 0.05) is 0 Å². The van der Waals surface area contributed by atoms with E-state index in [1.807, 2.05) is 30.3 Å². The first-order chi connectivity index (χ1) is 7.47. The predicted octanol–water partition coefficient (Wildman–Crippen LogP) is 0.788. The molecule has 0 unspecified atom stereocenters. The number of aliphatic hydroxyl groups excluding tert-OH is 1. The van der Waals surface area contributed by atoms with E-state index in [-0.39, 0.29) is 5.54 Å². The van der Waals surface area contributed by atoms with Crippen LogP contribution in [0.15, 0.2) is 30.3 Å². The fourth-order valence-electron chi connectivity index (χ4n) is 1.27. The highest BCUT2D eigenvalue weighted by Gasteiger charge is 2.16. The van der Waals surface area contributed by atoms with Crippen LogP contribution in [0, 0.1) is 0 Å². The molecule has 1 aromatic rings. The van der Waals surface area contributed by atoms with Gasteiger partial charge in [-0.05, 0) is 32.9 Å². The molecule has 0 aromatic heterocycles. The van der Waals surface area contributed by atoms with Crippen LogP contribution in [0.1, 0.15) is 20.8 Å². The molecule has 0 saturated heterocycles. The quantitative estimate of drug-likeness (QED) is 0.776. The first-order valence-electron chi connectivity index (χ1n) is 5.68. The summed E-state index contributed by atoms with van der Waals surface area (Å²) >= 11 is 0. The Kier molecular flexibility index (Phi) is 4.77. The Hall–Kier alpha value is -1.06. The number of para-hydroxylation sites is 1. The molecule has 1 atom stereocenters. The van der Waals surface area contributed by atoms with Crippen LogP contribution in [0.5, 0.6) is 5.75 Å². The van der Waals surface area contributed by atoms with Gasteiger partial charge in [-0.15, -0.1) is 0 Å². The molecule has 0 fully saturated rings. The molecule has 0 saturated carbocycles. The van der Waals surface area contributed by atoms with Crippen molar-refractivity contribution >= 4 is 0 Å². The number of hydrogen-bond acceptors (Lipinski definition) is 2. The van der Waals surface area contributed by atoms with Gasteiger partial charge in [0.15, 0.2) is 0 Å². The standard InChI is InChI=1S/C13H21NO2/c1-13(2,3)14-9-11(15)10-16-12-7-5-4-6-8-12/h4-8,11,14-15H,9-10H2,1-3H3/p+1/t11-/m0/s1. The smallest absolute Gasteiger partial charge is 0.137 e. The number of hydrogen-bond donors (Lipinski definition) is 2. The molecular formula is C13H22NO2+. The maximum Gasteiger partial charge on any atom is 0.137 e. The van der Waals surface area contributed by atoms with Crippen LogP contribution in [0.25, 0.3) is 0 Å². The van der Waals surface area contributed by atoms with E-state index in [0.717, 1.165) is 5.75 Å². The summed E-state index contributed by atoms with van der Waals surface area (Å²) in [5.41, 5.74) is 0.147. The van der Waals surface area contributed by atoms with Gasteiger partial charge in [-0.25, -0.2) is 0 Å². The van der Waals surface area contributed by atoms with Crippen LogP contribution >= 0.6 is 0 Å².